The van der Waals surface area contributed by atoms with Crippen LogP contribution in [0.15, 0.2) is 35.9 Å². The maximum atomic E-state index is 11.6. The SMILES string of the molecule is CCOC(=O)COCCN1CCC(=C2c3ccccc3CCc3sc(C(=O)O)cc32)CC1.Cl. The van der Waals surface area contributed by atoms with E-state index in [2.05, 4.69) is 29.2 Å². The summed E-state index contributed by atoms with van der Waals surface area (Å²) in [6.45, 7) is 5.29. The summed E-state index contributed by atoms with van der Waals surface area (Å²) in [5.41, 5.74) is 6.35. The van der Waals surface area contributed by atoms with Gasteiger partial charge in [0.2, 0.25) is 0 Å². The lowest BCUT2D eigenvalue weighted by molar-refractivity contribution is -0.148. The summed E-state index contributed by atoms with van der Waals surface area (Å²) < 4.78 is 10.3. The zero-order chi connectivity index (χ0) is 22.5. The predicted molar refractivity (Wildman–Crippen MR) is 132 cm³/mol. The molecule has 1 N–H and O–H groups in total. The van der Waals surface area contributed by atoms with Crippen LogP contribution in [0, 0.1) is 0 Å². The van der Waals surface area contributed by atoms with Crippen molar-refractivity contribution < 1.29 is 24.2 Å². The Kier molecular flexibility index (Phi) is 9.09. The molecule has 178 valence electrons. The minimum Gasteiger partial charge on any atom is -0.477 e. The number of likely N-dealkylation sites (tertiary alicyclic amines) is 1. The van der Waals surface area contributed by atoms with E-state index in [1.54, 1.807) is 6.92 Å². The van der Waals surface area contributed by atoms with Crippen LogP contribution in [0.3, 0.4) is 0 Å². The molecule has 2 aromatic rings. The summed E-state index contributed by atoms with van der Waals surface area (Å²) >= 11 is 1.42. The summed E-state index contributed by atoms with van der Waals surface area (Å²) in [6.07, 6.45) is 3.70. The number of rotatable bonds is 7. The molecule has 1 aliphatic carbocycles. The number of benzene rings is 1. The Bertz CT molecular complexity index is 1020. The second kappa shape index (κ2) is 11.8. The van der Waals surface area contributed by atoms with Gasteiger partial charge in [0.1, 0.15) is 11.5 Å². The number of carbonyl (C=O) groups excluding carboxylic acids is 1. The van der Waals surface area contributed by atoms with Gasteiger partial charge in [0, 0.05) is 24.5 Å². The van der Waals surface area contributed by atoms with Gasteiger partial charge in [-0.1, -0.05) is 29.8 Å². The number of halogens is 1. The van der Waals surface area contributed by atoms with Gasteiger partial charge >= 0.3 is 11.9 Å². The van der Waals surface area contributed by atoms with E-state index in [9.17, 15) is 14.7 Å². The number of carboxylic acid groups (broad SMARTS) is 1. The molecule has 0 atom stereocenters. The highest BCUT2D eigenvalue weighted by molar-refractivity contribution is 7.14. The summed E-state index contributed by atoms with van der Waals surface area (Å²) in [5, 5.41) is 9.54. The number of carboxylic acids is 1. The van der Waals surface area contributed by atoms with E-state index in [0.717, 1.165) is 50.9 Å². The van der Waals surface area contributed by atoms with Crippen LogP contribution < -0.4 is 0 Å². The Labute approximate surface area is 204 Å². The topological polar surface area (TPSA) is 76.1 Å². The van der Waals surface area contributed by atoms with Crippen molar-refractivity contribution in [2.45, 2.75) is 32.6 Å². The molecule has 0 amide bonds. The van der Waals surface area contributed by atoms with Crippen LogP contribution in [-0.4, -0.2) is 61.4 Å². The van der Waals surface area contributed by atoms with Crippen LogP contribution in [0.25, 0.3) is 5.57 Å². The van der Waals surface area contributed by atoms with E-state index in [0.29, 0.717) is 18.1 Å². The van der Waals surface area contributed by atoms with Crippen molar-refractivity contribution in [2.24, 2.45) is 0 Å². The molecule has 0 unspecified atom stereocenters. The molecule has 0 spiro atoms. The van der Waals surface area contributed by atoms with Gasteiger partial charge in [-0.05, 0) is 60.9 Å². The number of aryl methyl sites for hydroxylation is 2. The van der Waals surface area contributed by atoms with E-state index in [1.165, 1.54) is 38.5 Å². The van der Waals surface area contributed by atoms with Gasteiger partial charge in [0.25, 0.3) is 0 Å². The number of nitrogens with zero attached hydrogens (tertiary/aromatic N) is 1. The number of piperidine rings is 1. The van der Waals surface area contributed by atoms with E-state index >= 15 is 0 Å². The molecule has 4 rings (SSSR count). The average molecular weight is 492 g/mol. The number of esters is 1. The van der Waals surface area contributed by atoms with E-state index in [-0.39, 0.29) is 25.0 Å². The highest BCUT2D eigenvalue weighted by atomic mass is 35.5. The fraction of sp³-hybridized carbons (Fsp3) is 0.440. The van der Waals surface area contributed by atoms with Crippen LogP contribution in [0.2, 0.25) is 0 Å². The third-order valence-electron chi connectivity index (χ3n) is 6.09. The first-order chi connectivity index (χ1) is 15.6. The molecule has 2 heterocycles. The van der Waals surface area contributed by atoms with Crippen LogP contribution >= 0.6 is 23.7 Å². The van der Waals surface area contributed by atoms with Crippen molar-refractivity contribution in [3.63, 3.8) is 0 Å². The lowest BCUT2D eigenvalue weighted by atomic mass is 9.87. The molecule has 1 saturated heterocycles. The molecule has 33 heavy (non-hydrogen) atoms. The number of thiophene rings is 1. The maximum Gasteiger partial charge on any atom is 0.345 e. The molecule has 0 bridgehead atoms. The number of aromatic carboxylic acids is 1. The molecule has 1 aromatic carbocycles. The number of hydrogen-bond acceptors (Lipinski definition) is 6. The Morgan fingerprint density at radius 3 is 2.58 bits per heavy atom. The van der Waals surface area contributed by atoms with Gasteiger partial charge in [-0.15, -0.1) is 23.7 Å². The molecule has 6 nitrogen and oxygen atoms in total. The molecule has 1 aromatic heterocycles. The number of ether oxygens (including phenoxy) is 2. The second-order valence-corrected chi connectivity index (χ2v) is 9.22. The normalized spacial score (nSPS) is 15.8. The van der Waals surface area contributed by atoms with Crippen molar-refractivity contribution in [2.75, 3.05) is 39.5 Å². The largest absolute Gasteiger partial charge is 0.477 e. The lowest BCUT2D eigenvalue weighted by Gasteiger charge is -2.30. The van der Waals surface area contributed by atoms with Crippen LogP contribution in [0.1, 0.15) is 51.0 Å². The number of fused-ring (bicyclic) bond motifs is 2. The Hall–Kier alpha value is -2.19. The zero-order valence-electron chi connectivity index (χ0n) is 18.8. The van der Waals surface area contributed by atoms with Crippen molar-refractivity contribution in [1.82, 2.24) is 4.90 Å². The molecule has 1 aliphatic heterocycles. The summed E-state index contributed by atoms with van der Waals surface area (Å²) in [7, 11) is 0. The van der Waals surface area contributed by atoms with Gasteiger partial charge < -0.3 is 19.5 Å². The number of hydrogen-bond donors (Lipinski definition) is 1. The third-order valence-corrected chi connectivity index (χ3v) is 7.27. The van der Waals surface area contributed by atoms with E-state index < -0.39 is 5.97 Å². The molecule has 1 fully saturated rings. The highest BCUT2D eigenvalue weighted by Gasteiger charge is 2.26. The molecular formula is C25H30ClNO5S. The predicted octanol–water partition coefficient (Wildman–Crippen LogP) is 4.44. The molecule has 8 heteroatoms. The first-order valence-electron chi connectivity index (χ1n) is 11.2. The van der Waals surface area contributed by atoms with E-state index in [4.69, 9.17) is 9.47 Å². The quantitative estimate of drug-likeness (QED) is 0.455. The summed E-state index contributed by atoms with van der Waals surface area (Å²) in [5.74, 6) is -1.17. The first-order valence-corrected chi connectivity index (χ1v) is 12.0. The fourth-order valence-corrected chi connectivity index (χ4v) is 5.54. The molecule has 0 saturated carbocycles. The van der Waals surface area contributed by atoms with Gasteiger partial charge in [-0.25, -0.2) is 9.59 Å². The van der Waals surface area contributed by atoms with Crippen molar-refractivity contribution in [3.05, 3.63) is 62.3 Å². The standard InChI is InChI=1S/C25H29NO5S.ClH/c1-2-31-23(27)16-30-14-13-26-11-9-18(10-12-26)24-19-6-4-3-5-17(19)7-8-21-20(24)15-22(32-21)25(28)29;/h3-6,15H,2,7-14,16H2,1H3,(H,28,29);1H. The number of carbonyl (C=O) groups is 2. The van der Waals surface area contributed by atoms with Gasteiger partial charge in [0.05, 0.1) is 13.2 Å². The van der Waals surface area contributed by atoms with E-state index in [1.807, 2.05) is 6.07 Å². The van der Waals surface area contributed by atoms with Gasteiger partial charge in [0.15, 0.2) is 0 Å². The Balaban J connectivity index is 0.00000306. The van der Waals surface area contributed by atoms with Crippen LogP contribution in [0.4, 0.5) is 0 Å². The van der Waals surface area contributed by atoms with Gasteiger partial charge in [-0.3, -0.25) is 0 Å². The van der Waals surface area contributed by atoms with Crippen molar-refractivity contribution >= 4 is 41.3 Å². The minimum atomic E-state index is -0.849. The van der Waals surface area contributed by atoms with Crippen LogP contribution in [0.5, 0.6) is 0 Å². The molecule has 0 radical (unpaired) electrons. The van der Waals surface area contributed by atoms with Crippen molar-refractivity contribution in [1.29, 1.82) is 0 Å². The lowest BCUT2D eigenvalue weighted by Crippen LogP contribution is -2.34. The average Bonchev–Trinajstić information content (AvgIpc) is 3.15. The van der Waals surface area contributed by atoms with Crippen LogP contribution in [-0.2, 0) is 27.1 Å². The Morgan fingerprint density at radius 1 is 1.09 bits per heavy atom. The smallest absolute Gasteiger partial charge is 0.345 e. The third kappa shape index (κ3) is 6.03. The summed E-state index contributed by atoms with van der Waals surface area (Å²) in [6, 6.07) is 10.4. The second-order valence-electron chi connectivity index (χ2n) is 8.09. The highest BCUT2D eigenvalue weighted by Crippen LogP contribution is 2.41. The maximum absolute atomic E-state index is 11.6. The van der Waals surface area contributed by atoms with Crippen molar-refractivity contribution in [3.8, 4) is 0 Å². The van der Waals surface area contributed by atoms with Gasteiger partial charge in [-0.2, -0.15) is 0 Å². The monoisotopic (exact) mass is 491 g/mol. The summed E-state index contributed by atoms with van der Waals surface area (Å²) in [4.78, 5) is 27.0. The first kappa shape index (κ1) is 25.4. The Morgan fingerprint density at radius 2 is 1.85 bits per heavy atom. The molecule has 2 aliphatic rings. The zero-order valence-corrected chi connectivity index (χ0v) is 20.4. The molecular weight excluding hydrogens is 462 g/mol. The minimum absolute atomic E-state index is 0. The fourth-order valence-electron chi connectivity index (χ4n) is 4.54.